The second kappa shape index (κ2) is 9.04. The number of carbonyl (C=O) groups excluding carboxylic acids is 4. The molecule has 32 heavy (non-hydrogen) atoms. The van der Waals surface area contributed by atoms with Crippen LogP contribution in [0.3, 0.4) is 0 Å². The third kappa shape index (κ3) is 4.17. The molecule has 0 radical (unpaired) electrons. The molecule has 2 aromatic rings. The summed E-state index contributed by atoms with van der Waals surface area (Å²) >= 11 is 12.1. The lowest BCUT2D eigenvalue weighted by Crippen LogP contribution is -2.52. The minimum atomic E-state index is -0.675. The average molecular weight is 473 g/mol. The Morgan fingerprint density at radius 1 is 0.969 bits per heavy atom. The topological polar surface area (TPSA) is 74.8 Å². The molecule has 1 saturated carbocycles. The summed E-state index contributed by atoms with van der Waals surface area (Å²) in [7, 11) is 0. The predicted octanol–water partition coefficient (Wildman–Crippen LogP) is 4.65. The fraction of sp³-hybridized carbons (Fsp3) is 0.333. The van der Waals surface area contributed by atoms with Gasteiger partial charge in [0.2, 0.25) is 0 Å². The maximum absolute atomic E-state index is 13.5. The number of benzene rings is 2. The van der Waals surface area contributed by atoms with Gasteiger partial charge in [0, 0.05) is 10.6 Å². The van der Waals surface area contributed by atoms with Crippen molar-refractivity contribution in [3.8, 4) is 0 Å². The summed E-state index contributed by atoms with van der Waals surface area (Å²) in [6, 6.07) is 12.6. The van der Waals surface area contributed by atoms with E-state index in [0.29, 0.717) is 29.3 Å². The molecule has 0 aromatic heterocycles. The van der Waals surface area contributed by atoms with Gasteiger partial charge in [-0.05, 0) is 61.6 Å². The number of hydrogen-bond acceptors (Lipinski definition) is 4. The van der Waals surface area contributed by atoms with Crippen LogP contribution < -0.4 is 0 Å². The minimum Gasteiger partial charge on any atom is -0.292 e. The van der Waals surface area contributed by atoms with Crippen molar-refractivity contribution in [3.05, 3.63) is 69.7 Å². The Morgan fingerprint density at radius 2 is 1.62 bits per heavy atom. The molecule has 1 aliphatic heterocycles. The van der Waals surface area contributed by atoms with Crippen LogP contribution in [0.5, 0.6) is 0 Å². The molecule has 0 bridgehead atoms. The van der Waals surface area contributed by atoms with Crippen LogP contribution in [0.15, 0.2) is 48.5 Å². The number of ketones is 1. The summed E-state index contributed by atoms with van der Waals surface area (Å²) in [6.07, 6.45) is 2.02. The number of imide groups is 1. The molecule has 8 heteroatoms. The second-order valence-electron chi connectivity index (χ2n) is 8.39. The Hall–Kier alpha value is -2.70. The Morgan fingerprint density at radius 3 is 2.31 bits per heavy atom. The van der Waals surface area contributed by atoms with E-state index in [9.17, 15) is 19.2 Å². The molecule has 0 N–H and O–H groups in total. The number of hydrogen-bond donors (Lipinski definition) is 0. The van der Waals surface area contributed by atoms with Gasteiger partial charge in [0.15, 0.2) is 5.78 Å². The van der Waals surface area contributed by atoms with Gasteiger partial charge in [0.1, 0.15) is 6.54 Å². The van der Waals surface area contributed by atoms with E-state index in [1.807, 2.05) is 6.92 Å². The van der Waals surface area contributed by atoms with Crippen LogP contribution in [0.4, 0.5) is 0 Å². The third-order valence-corrected chi connectivity index (χ3v) is 6.79. The van der Waals surface area contributed by atoms with Gasteiger partial charge in [0.05, 0.1) is 22.4 Å². The smallest absolute Gasteiger partial charge is 0.274 e. The Balaban J connectivity index is 1.70. The first-order valence-electron chi connectivity index (χ1n) is 10.5. The lowest BCUT2D eigenvalue weighted by atomic mass is 9.76. The van der Waals surface area contributed by atoms with Crippen LogP contribution in [0, 0.1) is 17.8 Å². The summed E-state index contributed by atoms with van der Waals surface area (Å²) in [5.41, 5.74) is 0.429. The highest BCUT2D eigenvalue weighted by Crippen LogP contribution is 2.41. The molecule has 2 aromatic carbocycles. The number of hydrazine groups is 1. The Labute approximate surface area is 196 Å². The van der Waals surface area contributed by atoms with Crippen molar-refractivity contribution in [2.45, 2.75) is 26.2 Å². The van der Waals surface area contributed by atoms with E-state index in [0.717, 1.165) is 16.4 Å². The Bertz CT molecular complexity index is 1090. The highest BCUT2D eigenvalue weighted by atomic mass is 35.5. The predicted molar refractivity (Wildman–Crippen MR) is 120 cm³/mol. The molecule has 0 spiro atoms. The number of halogens is 2. The van der Waals surface area contributed by atoms with Crippen molar-refractivity contribution in [3.63, 3.8) is 0 Å². The number of carbonyl (C=O) groups is 4. The normalized spacial score (nSPS) is 22.6. The van der Waals surface area contributed by atoms with Crippen LogP contribution in [0.1, 0.15) is 46.9 Å². The Kier molecular flexibility index (Phi) is 6.35. The minimum absolute atomic E-state index is 0.113. The van der Waals surface area contributed by atoms with E-state index in [1.165, 1.54) is 18.2 Å². The van der Waals surface area contributed by atoms with Gasteiger partial charge in [-0.1, -0.05) is 42.3 Å². The molecule has 2 fully saturated rings. The lowest BCUT2D eigenvalue weighted by molar-refractivity contribution is -0.154. The molecule has 4 rings (SSSR count). The zero-order chi connectivity index (χ0) is 23.0. The van der Waals surface area contributed by atoms with Crippen LogP contribution in [0.25, 0.3) is 0 Å². The van der Waals surface area contributed by atoms with E-state index >= 15 is 0 Å². The van der Waals surface area contributed by atoms with Gasteiger partial charge in [-0.3, -0.25) is 19.2 Å². The second-order valence-corrected chi connectivity index (χ2v) is 9.24. The average Bonchev–Trinajstić information content (AvgIpc) is 3.01. The summed E-state index contributed by atoms with van der Waals surface area (Å²) in [4.78, 5) is 53.0. The van der Waals surface area contributed by atoms with Crippen molar-refractivity contribution in [1.29, 1.82) is 0 Å². The maximum Gasteiger partial charge on any atom is 0.274 e. The first kappa shape index (κ1) is 22.5. The molecule has 1 heterocycles. The van der Waals surface area contributed by atoms with Crippen molar-refractivity contribution < 1.29 is 19.2 Å². The fourth-order valence-corrected chi connectivity index (χ4v) is 4.82. The number of Topliss-reactive ketones (excluding diaryl/α,β-unsaturated/α-hetero) is 1. The molecule has 3 atom stereocenters. The SMILES string of the molecule is C[C@@H]1CC[C@H]2C(=O)N(N(CC(=O)c3ccc(Cl)cc3)C(=O)c3ccccc3Cl)C(=O)[C@H]2C1. The number of fused-ring (bicyclic) bond motifs is 1. The molecule has 166 valence electrons. The first-order valence-corrected chi connectivity index (χ1v) is 11.3. The molecular formula is C24H22Cl2N2O4. The van der Waals surface area contributed by atoms with E-state index in [-0.39, 0.29) is 10.6 Å². The monoisotopic (exact) mass is 472 g/mol. The number of amides is 3. The van der Waals surface area contributed by atoms with Crippen molar-refractivity contribution >= 4 is 46.7 Å². The zero-order valence-electron chi connectivity index (χ0n) is 17.5. The van der Waals surface area contributed by atoms with Gasteiger partial charge >= 0.3 is 0 Å². The largest absolute Gasteiger partial charge is 0.292 e. The summed E-state index contributed by atoms with van der Waals surface area (Å²) < 4.78 is 0. The van der Waals surface area contributed by atoms with Crippen LogP contribution >= 0.6 is 23.2 Å². The fourth-order valence-electron chi connectivity index (χ4n) is 4.48. The molecular weight excluding hydrogens is 451 g/mol. The number of rotatable bonds is 5. The van der Waals surface area contributed by atoms with E-state index < -0.39 is 41.9 Å². The van der Waals surface area contributed by atoms with Gasteiger partial charge in [-0.15, -0.1) is 0 Å². The molecule has 0 unspecified atom stereocenters. The third-order valence-electron chi connectivity index (χ3n) is 6.20. The highest BCUT2D eigenvalue weighted by molar-refractivity contribution is 6.34. The van der Waals surface area contributed by atoms with Crippen LogP contribution in [-0.4, -0.2) is 40.1 Å². The first-order chi connectivity index (χ1) is 15.3. The summed E-state index contributed by atoms with van der Waals surface area (Å²) in [6.45, 7) is 1.57. The molecule has 6 nitrogen and oxygen atoms in total. The van der Waals surface area contributed by atoms with Gasteiger partial charge < -0.3 is 0 Å². The molecule has 1 aliphatic carbocycles. The molecule has 2 aliphatic rings. The standard InChI is InChI=1S/C24H22Cl2N2O4/c1-14-6-11-17-19(12-14)24(32)28(23(17)31)27(22(30)18-4-2-3-5-20(18)26)13-21(29)15-7-9-16(25)10-8-15/h2-5,7-10,14,17,19H,6,11-13H2,1H3/t14-,17-,19+/m1/s1. The lowest BCUT2D eigenvalue weighted by Gasteiger charge is -2.30. The quantitative estimate of drug-likeness (QED) is 0.468. The van der Waals surface area contributed by atoms with E-state index in [1.54, 1.807) is 30.3 Å². The van der Waals surface area contributed by atoms with Gasteiger partial charge in [-0.2, -0.15) is 5.01 Å². The van der Waals surface area contributed by atoms with Crippen LogP contribution in [-0.2, 0) is 9.59 Å². The van der Waals surface area contributed by atoms with E-state index in [4.69, 9.17) is 23.2 Å². The van der Waals surface area contributed by atoms with Crippen molar-refractivity contribution in [1.82, 2.24) is 10.0 Å². The summed E-state index contributed by atoms with van der Waals surface area (Å²) in [5.74, 6) is -2.59. The molecule has 1 saturated heterocycles. The molecule has 3 amide bonds. The maximum atomic E-state index is 13.5. The van der Waals surface area contributed by atoms with Crippen LogP contribution in [0.2, 0.25) is 10.0 Å². The number of nitrogens with zero attached hydrogens (tertiary/aromatic N) is 2. The van der Waals surface area contributed by atoms with Gasteiger partial charge in [0.25, 0.3) is 17.7 Å². The van der Waals surface area contributed by atoms with Crippen molar-refractivity contribution in [2.75, 3.05) is 6.54 Å². The van der Waals surface area contributed by atoms with Crippen molar-refractivity contribution in [2.24, 2.45) is 17.8 Å². The highest BCUT2D eigenvalue weighted by Gasteiger charge is 2.52. The van der Waals surface area contributed by atoms with E-state index in [2.05, 4.69) is 0 Å². The zero-order valence-corrected chi connectivity index (χ0v) is 19.0. The summed E-state index contributed by atoms with van der Waals surface area (Å²) in [5, 5.41) is 2.47. The van der Waals surface area contributed by atoms with Gasteiger partial charge in [-0.25, -0.2) is 5.01 Å².